The van der Waals surface area contributed by atoms with Crippen molar-refractivity contribution in [1.29, 1.82) is 0 Å². The van der Waals surface area contributed by atoms with Crippen LogP contribution in [0.15, 0.2) is 60.7 Å². The van der Waals surface area contributed by atoms with Crippen LogP contribution in [0.5, 0.6) is 5.75 Å². The number of hydrogen-bond donors (Lipinski definition) is 2. The highest BCUT2D eigenvalue weighted by atomic mass is 32.2. The molecule has 1 aromatic heterocycles. The molecule has 2 N–H and O–H groups in total. The van der Waals surface area contributed by atoms with Crippen molar-refractivity contribution < 1.29 is 49.6 Å². The number of alkyl carbamates (subject to hydrolysis) is 1. The van der Waals surface area contributed by atoms with E-state index in [-0.39, 0.29) is 23.2 Å². The zero-order valence-corrected chi connectivity index (χ0v) is 20.3. The first-order chi connectivity index (χ1) is 17.9. The van der Waals surface area contributed by atoms with E-state index in [2.05, 4.69) is 24.5 Å². The highest BCUT2D eigenvalue weighted by Crippen LogP contribution is 2.31. The number of carbonyl (C=O) groups excluding carboxylic acids is 3. The molecule has 2 amide bonds. The SMILES string of the molecule is COC(=O)C(CNC(=O)c1ccc2cccc(OS(=O)(=O)C(F)(F)F)c2n1)NC(=O)OCc1ccccc1. The molecule has 0 saturated heterocycles. The number of para-hydroxylation sites is 1. The predicted octanol–water partition coefficient (Wildman–Crippen LogP) is 2.66. The molecule has 3 aromatic rings. The summed E-state index contributed by atoms with van der Waals surface area (Å²) in [5.41, 5.74) is -5.66. The number of carbonyl (C=O) groups is 3. The van der Waals surface area contributed by atoms with Crippen LogP contribution in [0.3, 0.4) is 0 Å². The number of nitrogens with one attached hydrogen (secondary N) is 2. The van der Waals surface area contributed by atoms with Gasteiger partial charge in [0.15, 0.2) is 5.75 Å². The first-order valence-electron chi connectivity index (χ1n) is 10.6. The van der Waals surface area contributed by atoms with Crippen LogP contribution in [0.1, 0.15) is 16.1 Å². The number of amides is 2. The second-order valence-corrected chi connectivity index (χ2v) is 9.04. The third kappa shape index (κ3) is 7.09. The number of esters is 1. The van der Waals surface area contributed by atoms with Gasteiger partial charge in [0.2, 0.25) is 0 Å². The molecular weight excluding hydrogens is 535 g/mol. The Balaban J connectivity index is 1.71. The van der Waals surface area contributed by atoms with E-state index in [9.17, 15) is 36.0 Å². The zero-order valence-electron chi connectivity index (χ0n) is 19.5. The standard InChI is InChI=1S/C23H20F3N3O8S/c1-35-21(31)17(29-22(32)36-13-14-6-3-2-4-7-14)12-27-20(30)16-11-10-15-8-5-9-18(19(15)28-16)37-38(33,34)23(24,25)26/h2-11,17H,12-13H2,1H3,(H,27,30)(H,29,32). The van der Waals surface area contributed by atoms with Crippen molar-refractivity contribution in [3.8, 4) is 5.75 Å². The Labute approximate surface area is 214 Å². The van der Waals surface area contributed by atoms with Crippen molar-refractivity contribution in [3.63, 3.8) is 0 Å². The Morgan fingerprint density at radius 2 is 1.71 bits per heavy atom. The van der Waals surface area contributed by atoms with Crippen molar-refractivity contribution in [2.75, 3.05) is 13.7 Å². The van der Waals surface area contributed by atoms with E-state index in [0.29, 0.717) is 5.56 Å². The molecule has 38 heavy (non-hydrogen) atoms. The number of pyridine rings is 1. The summed E-state index contributed by atoms with van der Waals surface area (Å²) < 4.78 is 74.9. The molecule has 0 bridgehead atoms. The summed E-state index contributed by atoms with van der Waals surface area (Å²) in [4.78, 5) is 40.8. The minimum atomic E-state index is -5.99. The maximum absolute atomic E-state index is 12.7. The number of alkyl halides is 3. The van der Waals surface area contributed by atoms with E-state index in [1.807, 2.05) is 0 Å². The Kier molecular flexibility index (Phi) is 8.72. The molecule has 11 nitrogen and oxygen atoms in total. The number of methoxy groups -OCH3 is 1. The highest BCUT2D eigenvalue weighted by molar-refractivity contribution is 7.88. The number of ether oxygens (including phenoxy) is 2. The number of halogens is 3. The summed E-state index contributed by atoms with van der Waals surface area (Å²) in [7, 11) is -4.92. The number of benzene rings is 2. The summed E-state index contributed by atoms with van der Waals surface area (Å²) >= 11 is 0. The van der Waals surface area contributed by atoms with Gasteiger partial charge in [0.05, 0.1) is 7.11 Å². The van der Waals surface area contributed by atoms with Gasteiger partial charge in [-0.25, -0.2) is 14.6 Å². The second kappa shape index (κ2) is 11.8. The van der Waals surface area contributed by atoms with Crippen molar-refractivity contribution in [3.05, 3.63) is 71.9 Å². The van der Waals surface area contributed by atoms with E-state index < -0.39 is 51.9 Å². The van der Waals surface area contributed by atoms with Crippen molar-refractivity contribution in [2.45, 2.75) is 18.2 Å². The zero-order chi connectivity index (χ0) is 27.9. The first-order valence-corrected chi connectivity index (χ1v) is 12.1. The van der Waals surface area contributed by atoms with Gasteiger partial charge < -0.3 is 24.3 Å². The van der Waals surface area contributed by atoms with E-state index in [1.165, 1.54) is 24.3 Å². The molecule has 0 aliphatic heterocycles. The van der Waals surface area contributed by atoms with Gasteiger partial charge in [-0.2, -0.15) is 21.6 Å². The average molecular weight is 555 g/mol. The van der Waals surface area contributed by atoms with Crippen LogP contribution in [0.25, 0.3) is 10.9 Å². The number of aromatic nitrogens is 1. The van der Waals surface area contributed by atoms with Gasteiger partial charge in [0.1, 0.15) is 23.9 Å². The molecule has 1 heterocycles. The van der Waals surface area contributed by atoms with Crippen LogP contribution in [-0.2, 0) is 31.0 Å². The maximum atomic E-state index is 12.7. The van der Waals surface area contributed by atoms with E-state index in [1.54, 1.807) is 30.3 Å². The van der Waals surface area contributed by atoms with Crippen molar-refractivity contribution in [1.82, 2.24) is 15.6 Å². The van der Waals surface area contributed by atoms with Gasteiger partial charge >= 0.3 is 27.7 Å². The van der Waals surface area contributed by atoms with Gasteiger partial charge in [-0.3, -0.25) is 4.79 Å². The lowest BCUT2D eigenvalue weighted by atomic mass is 10.2. The molecule has 0 aliphatic carbocycles. The number of hydrogen-bond acceptors (Lipinski definition) is 9. The monoisotopic (exact) mass is 555 g/mol. The highest BCUT2D eigenvalue weighted by Gasteiger charge is 2.48. The van der Waals surface area contributed by atoms with Crippen LogP contribution in [0.4, 0.5) is 18.0 Å². The van der Waals surface area contributed by atoms with E-state index >= 15 is 0 Å². The quantitative estimate of drug-likeness (QED) is 0.231. The van der Waals surface area contributed by atoms with Gasteiger partial charge in [0.25, 0.3) is 5.91 Å². The lowest BCUT2D eigenvalue weighted by Gasteiger charge is -2.17. The molecule has 0 saturated carbocycles. The fourth-order valence-electron chi connectivity index (χ4n) is 3.01. The summed E-state index contributed by atoms with van der Waals surface area (Å²) in [5, 5.41) is 4.78. The van der Waals surface area contributed by atoms with Crippen LogP contribution in [-0.4, -0.2) is 56.6 Å². The van der Waals surface area contributed by atoms with Crippen molar-refractivity contribution >= 4 is 39.0 Å². The molecule has 2 aromatic carbocycles. The minimum absolute atomic E-state index is 0.0810. The van der Waals surface area contributed by atoms with Gasteiger partial charge in [-0.15, -0.1) is 0 Å². The van der Waals surface area contributed by atoms with E-state index in [0.717, 1.165) is 13.2 Å². The normalized spacial score (nSPS) is 12.3. The van der Waals surface area contributed by atoms with Gasteiger partial charge in [-0.05, 0) is 17.7 Å². The topological polar surface area (TPSA) is 150 Å². The lowest BCUT2D eigenvalue weighted by molar-refractivity contribution is -0.142. The molecule has 0 spiro atoms. The third-order valence-corrected chi connectivity index (χ3v) is 5.82. The number of rotatable bonds is 9. The molecule has 202 valence electrons. The van der Waals surface area contributed by atoms with E-state index in [4.69, 9.17) is 4.74 Å². The summed E-state index contributed by atoms with van der Waals surface area (Å²) in [5.74, 6) is -2.54. The molecule has 15 heteroatoms. The molecular formula is C23H20F3N3O8S. The minimum Gasteiger partial charge on any atom is -0.467 e. The molecule has 0 fully saturated rings. The van der Waals surface area contributed by atoms with Gasteiger partial charge in [0, 0.05) is 11.9 Å². The summed E-state index contributed by atoms with van der Waals surface area (Å²) in [6.45, 7) is -0.547. The van der Waals surface area contributed by atoms with Crippen LogP contribution >= 0.6 is 0 Å². The fraction of sp³-hybridized carbons (Fsp3) is 0.217. The molecule has 0 radical (unpaired) electrons. The third-order valence-electron chi connectivity index (χ3n) is 4.86. The Bertz CT molecular complexity index is 1430. The first kappa shape index (κ1) is 28.2. The summed E-state index contributed by atoms with van der Waals surface area (Å²) in [6, 6.07) is 13.5. The fourth-order valence-corrected chi connectivity index (χ4v) is 3.47. The number of fused-ring (bicyclic) bond motifs is 1. The number of nitrogens with zero attached hydrogens (tertiary/aromatic N) is 1. The Morgan fingerprint density at radius 1 is 1.00 bits per heavy atom. The largest absolute Gasteiger partial charge is 0.534 e. The molecule has 1 unspecified atom stereocenters. The second-order valence-electron chi connectivity index (χ2n) is 7.50. The van der Waals surface area contributed by atoms with Crippen molar-refractivity contribution in [2.24, 2.45) is 0 Å². The average Bonchev–Trinajstić information content (AvgIpc) is 2.89. The molecule has 3 rings (SSSR count). The Morgan fingerprint density at radius 3 is 2.37 bits per heavy atom. The lowest BCUT2D eigenvalue weighted by Crippen LogP contribution is -2.49. The maximum Gasteiger partial charge on any atom is 0.534 e. The van der Waals surface area contributed by atoms with Crippen LogP contribution in [0.2, 0.25) is 0 Å². The molecule has 0 aliphatic rings. The summed E-state index contributed by atoms with van der Waals surface area (Å²) in [6.07, 6.45) is -0.963. The smallest absolute Gasteiger partial charge is 0.467 e. The van der Waals surface area contributed by atoms with Crippen LogP contribution < -0.4 is 14.8 Å². The Hall–Kier alpha value is -4.40. The van der Waals surface area contributed by atoms with Crippen LogP contribution in [0, 0.1) is 0 Å². The predicted molar refractivity (Wildman–Crippen MR) is 125 cm³/mol. The van der Waals surface area contributed by atoms with Gasteiger partial charge in [-0.1, -0.05) is 48.5 Å². The molecule has 1 atom stereocenters.